The smallest absolute Gasteiger partial charge is 0.251 e. The summed E-state index contributed by atoms with van der Waals surface area (Å²) in [6.45, 7) is 2.11. The maximum absolute atomic E-state index is 13.8. The molecule has 0 saturated carbocycles. The predicted octanol–water partition coefficient (Wildman–Crippen LogP) is 3.80. The fourth-order valence-electron chi connectivity index (χ4n) is 3.26. The molecule has 0 unspecified atom stereocenters. The number of primary amides is 1. The molecule has 0 radical (unpaired) electrons. The minimum atomic E-state index is -0.798. The number of ether oxygens (including phenoxy) is 1. The highest BCUT2D eigenvalue weighted by molar-refractivity contribution is 9.10. The monoisotopic (exact) mass is 434 g/mol. The van der Waals surface area contributed by atoms with Gasteiger partial charge in [0, 0.05) is 29.3 Å². The molecule has 0 spiro atoms. The van der Waals surface area contributed by atoms with Crippen molar-refractivity contribution in [3.8, 4) is 5.75 Å². The van der Waals surface area contributed by atoms with E-state index in [1.165, 1.54) is 12.1 Å². The predicted molar refractivity (Wildman–Crippen MR) is 105 cm³/mol. The van der Waals surface area contributed by atoms with Crippen molar-refractivity contribution in [1.82, 2.24) is 0 Å². The van der Waals surface area contributed by atoms with E-state index in [1.807, 2.05) is 18.2 Å². The lowest BCUT2D eigenvalue weighted by Gasteiger charge is -2.34. The van der Waals surface area contributed by atoms with Gasteiger partial charge in [-0.15, -0.1) is 0 Å². The average Bonchev–Trinajstić information content (AvgIpc) is 2.66. The number of hydrogen-bond acceptors (Lipinski definition) is 4. The highest BCUT2D eigenvalue weighted by Crippen LogP contribution is 2.30. The van der Waals surface area contributed by atoms with Crippen LogP contribution >= 0.6 is 15.9 Å². The lowest BCUT2D eigenvalue weighted by molar-refractivity contribution is 0.0996. The number of halogens is 2. The number of nitrogens with two attached hydrogens (primary N) is 1. The minimum absolute atomic E-state index is 0.143. The van der Waals surface area contributed by atoms with Crippen LogP contribution in [0.3, 0.4) is 0 Å². The van der Waals surface area contributed by atoms with E-state index >= 15 is 0 Å². The molecule has 7 heteroatoms. The third-order valence-electron chi connectivity index (χ3n) is 4.79. The number of rotatable bonds is 6. The zero-order valence-corrected chi connectivity index (χ0v) is 16.2. The molecule has 0 bridgehead atoms. The van der Waals surface area contributed by atoms with E-state index in [4.69, 9.17) is 10.5 Å². The lowest BCUT2D eigenvalue weighted by atomic mass is 9.97. The number of anilines is 1. The molecule has 3 rings (SSSR count). The van der Waals surface area contributed by atoms with Crippen LogP contribution in [0.25, 0.3) is 0 Å². The van der Waals surface area contributed by atoms with Gasteiger partial charge in [-0.05, 0) is 59.0 Å². The molecule has 1 aliphatic heterocycles. The highest BCUT2D eigenvalue weighted by atomic mass is 79.9. The van der Waals surface area contributed by atoms with Gasteiger partial charge in [0.15, 0.2) is 6.29 Å². The van der Waals surface area contributed by atoms with E-state index in [0.717, 1.165) is 42.4 Å². The van der Waals surface area contributed by atoms with Crippen molar-refractivity contribution in [2.45, 2.75) is 12.8 Å². The third-order valence-corrected chi connectivity index (χ3v) is 5.49. The number of hydrogen-bond donors (Lipinski definition) is 1. The highest BCUT2D eigenvalue weighted by Gasteiger charge is 2.22. The van der Waals surface area contributed by atoms with Gasteiger partial charge in [0.05, 0.1) is 17.7 Å². The van der Waals surface area contributed by atoms with Gasteiger partial charge in [-0.1, -0.05) is 6.07 Å². The molecule has 1 saturated heterocycles. The van der Waals surface area contributed by atoms with E-state index in [9.17, 15) is 14.0 Å². The summed E-state index contributed by atoms with van der Waals surface area (Å²) in [5.74, 6) is -0.748. The summed E-state index contributed by atoms with van der Waals surface area (Å²) in [5.41, 5.74) is 6.55. The molecular formula is C20H20BrFN2O3. The van der Waals surface area contributed by atoms with Gasteiger partial charge in [-0.2, -0.15) is 0 Å². The molecule has 1 heterocycles. The molecule has 1 aliphatic rings. The molecule has 0 aromatic heterocycles. The number of amides is 1. The Bertz CT molecular complexity index is 851. The lowest BCUT2D eigenvalue weighted by Crippen LogP contribution is -2.36. The van der Waals surface area contributed by atoms with Crippen molar-refractivity contribution in [3.05, 3.63) is 57.8 Å². The van der Waals surface area contributed by atoms with Crippen molar-refractivity contribution in [2.24, 2.45) is 11.7 Å². The van der Waals surface area contributed by atoms with Gasteiger partial charge in [-0.3, -0.25) is 9.59 Å². The maximum atomic E-state index is 13.8. The standard InChI is InChI=1S/C20H20BrFN2O3/c21-17-2-1-3-19(16(17)11-25)24-8-6-13(7-9-24)12-27-14-4-5-15(20(23)26)18(22)10-14/h1-5,10-11,13H,6-9,12H2,(H2,23,26). The van der Waals surface area contributed by atoms with Crippen LogP contribution in [0.1, 0.15) is 33.6 Å². The van der Waals surface area contributed by atoms with Crippen LogP contribution in [0.4, 0.5) is 10.1 Å². The quantitative estimate of drug-likeness (QED) is 0.701. The zero-order chi connectivity index (χ0) is 19.4. The molecule has 2 aromatic rings. The topological polar surface area (TPSA) is 72.6 Å². The van der Waals surface area contributed by atoms with E-state index in [2.05, 4.69) is 20.8 Å². The molecule has 1 amide bonds. The summed E-state index contributed by atoms with van der Waals surface area (Å²) >= 11 is 3.42. The van der Waals surface area contributed by atoms with Gasteiger partial charge >= 0.3 is 0 Å². The second kappa shape index (κ2) is 8.52. The van der Waals surface area contributed by atoms with Crippen molar-refractivity contribution in [3.63, 3.8) is 0 Å². The molecule has 2 aromatic carbocycles. The van der Waals surface area contributed by atoms with E-state index in [1.54, 1.807) is 6.07 Å². The Balaban J connectivity index is 1.56. The molecular weight excluding hydrogens is 415 g/mol. The molecule has 0 aliphatic carbocycles. The molecule has 142 valence electrons. The van der Waals surface area contributed by atoms with Crippen molar-refractivity contribution in [1.29, 1.82) is 0 Å². The Kier molecular flexibility index (Phi) is 6.11. The number of piperidine rings is 1. The van der Waals surface area contributed by atoms with Crippen LogP contribution in [0.5, 0.6) is 5.75 Å². The maximum Gasteiger partial charge on any atom is 0.251 e. The van der Waals surface area contributed by atoms with Gasteiger partial charge < -0.3 is 15.4 Å². The Hall–Kier alpha value is -2.41. The number of benzene rings is 2. The Labute approximate surface area is 165 Å². The molecule has 5 nitrogen and oxygen atoms in total. The minimum Gasteiger partial charge on any atom is -0.493 e. The zero-order valence-electron chi connectivity index (χ0n) is 14.7. The van der Waals surface area contributed by atoms with Gasteiger partial charge in [0.25, 0.3) is 5.91 Å². The normalized spacial score (nSPS) is 14.8. The Morgan fingerprint density at radius 3 is 2.67 bits per heavy atom. The van der Waals surface area contributed by atoms with Crippen LogP contribution in [0, 0.1) is 11.7 Å². The summed E-state index contributed by atoms with van der Waals surface area (Å²) in [6, 6.07) is 9.81. The second-order valence-corrected chi connectivity index (χ2v) is 7.39. The summed E-state index contributed by atoms with van der Waals surface area (Å²) in [6.07, 6.45) is 2.69. The van der Waals surface area contributed by atoms with Crippen LogP contribution in [0.2, 0.25) is 0 Å². The van der Waals surface area contributed by atoms with Crippen molar-refractivity contribution >= 4 is 33.8 Å². The summed E-state index contributed by atoms with van der Waals surface area (Å²) < 4.78 is 20.3. The summed E-state index contributed by atoms with van der Waals surface area (Å²) in [7, 11) is 0. The fraction of sp³-hybridized carbons (Fsp3) is 0.300. The number of nitrogens with zero attached hydrogens (tertiary/aromatic N) is 1. The average molecular weight is 435 g/mol. The van der Waals surface area contributed by atoms with E-state index < -0.39 is 11.7 Å². The van der Waals surface area contributed by atoms with Crippen molar-refractivity contribution in [2.75, 3.05) is 24.6 Å². The summed E-state index contributed by atoms with van der Waals surface area (Å²) in [4.78, 5) is 24.6. The SMILES string of the molecule is NC(=O)c1ccc(OCC2CCN(c3cccc(Br)c3C=O)CC2)cc1F. The van der Waals surface area contributed by atoms with Crippen molar-refractivity contribution < 1.29 is 18.7 Å². The number of carbonyl (C=O) groups excluding carboxylic acids is 2. The summed E-state index contributed by atoms with van der Waals surface area (Å²) in [5, 5.41) is 0. The van der Waals surface area contributed by atoms with Crippen LogP contribution in [0.15, 0.2) is 40.9 Å². The molecule has 0 atom stereocenters. The third kappa shape index (κ3) is 4.47. The van der Waals surface area contributed by atoms with Gasteiger partial charge in [-0.25, -0.2) is 4.39 Å². The molecule has 1 fully saturated rings. The van der Waals surface area contributed by atoms with Crippen LogP contribution in [-0.4, -0.2) is 31.9 Å². The first-order valence-electron chi connectivity index (χ1n) is 8.70. The van der Waals surface area contributed by atoms with E-state index in [0.29, 0.717) is 23.8 Å². The first kappa shape index (κ1) is 19.4. The second-order valence-electron chi connectivity index (χ2n) is 6.54. The first-order valence-corrected chi connectivity index (χ1v) is 9.49. The largest absolute Gasteiger partial charge is 0.493 e. The van der Waals surface area contributed by atoms with Crippen LogP contribution < -0.4 is 15.4 Å². The Morgan fingerprint density at radius 1 is 1.30 bits per heavy atom. The number of aldehydes is 1. The van der Waals surface area contributed by atoms with Crippen LogP contribution in [-0.2, 0) is 0 Å². The fourth-order valence-corrected chi connectivity index (χ4v) is 3.71. The van der Waals surface area contributed by atoms with Gasteiger partial charge in [0.1, 0.15) is 11.6 Å². The first-order chi connectivity index (χ1) is 13.0. The molecule has 27 heavy (non-hydrogen) atoms. The Morgan fingerprint density at radius 2 is 2.04 bits per heavy atom. The number of carbonyl (C=O) groups is 2. The molecule has 2 N–H and O–H groups in total. The van der Waals surface area contributed by atoms with Gasteiger partial charge in [0.2, 0.25) is 0 Å². The van der Waals surface area contributed by atoms with E-state index in [-0.39, 0.29) is 5.56 Å².